The molecule has 1 aromatic carbocycles. The number of nitrogens with zero attached hydrogens (tertiary/aromatic N) is 3. The molecule has 5 nitrogen and oxygen atoms in total. The van der Waals surface area contributed by atoms with E-state index in [4.69, 9.17) is 16.3 Å². The lowest BCUT2D eigenvalue weighted by Crippen LogP contribution is -1.90. The fraction of sp³-hybridized carbons (Fsp3) is 0.214. The van der Waals surface area contributed by atoms with Gasteiger partial charge in [-0.25, -0.2) is 9.97 Å². The minimum absolute atomic E-state index is 0.496. The van der Waals surface area contributed by atoms with Crippen LogP contribution in [0, 0.1) is 6.92 Å². The van der Waals surface area contributed by atoms with E-state index in [0.717, 1.165) is 28.0 Å². The van der Waals surface area contributed by atoms with Crippen molar-refractivity contribution in [3.8, 4) is 5.75 Å². The normalized spacial score (nSPS) is 11.0. The number of halogens is 1. The van der Waals surface area contributed by atoms with Crippen molar-refractivity contribution in [3.63, 3.8) is 0 Å². The molecule has 0 fully saturated rings. The van der Waals surface area contributed by atoms with E-state index in [-0.39, 0.29) is 0 Å². The van der Waals surface area contributed by atoms with E-state index >= 15 is 0 Å². The van der Waals surface area contributed by atoms with Crippen molar-refractivity contribution < 1.29 is 4.74 Å². The third-order valence-corrected chi connectivity index (χ3v) is 4.21. The lowest BCUT2D eigenvalue weighted by Gasteiger charge is -2.06. The molecule has 7 heteroatoms. The van der Waals surface area contributed by atoms with Crippen LogP contribution in [0.5, 0.6) is 5.75 Å². The smallest absolute Gasteiger partial charge is 0.208 e. The van der Waals surface area contributed by atoms with Gasteiger partial charge in [-0.05, 0) is 25.1 Å². The van der Waals surface area contributed by atoms with Crippen LogP contribution in [0.4, 0.5) is 0 Å². The van der Waals surface area contributed by atoms with Gasteiger partial charge >= 0.3 is 0 Å². The molecule has 21 heavy (non-hydrogen) atoms. The Kier molecular flexibility index (Phi) is 3.98. The number of hydrogen-bond donors (Lipinski definition) is 1. The van der Waals surface area contributed by atoms with Crippen molar-refractivity contribution >= 4 is 34.3 Å². The molecule has 0 radical (unpaired) electrons. The number of methoxy groups -OCH3 is 1. The van der Waals surface area contributed by atoms with Gasteiger partial charge in [0.2, 0.25) is 5.16 Å². The van der Waals surface area contributed by atoms with Gasteiger partial charge in [0.25, 0.3) is 0 Å². The zero-order valence-electron chi connectivity index (χ0n) is 11.6. The number of aryl methyl sites for hydroxylation is 1. The SMILES string of the molecule is COc1ccc2cc(CSc3n[nH]c(C)n3)c(Cl)nc2c1. The van der Waals surface area contributed by atoms with Crippen molar-refractivity contribution in [2.45, 2.75) is 17.8 Å². The highest BCUT2D eigenvalue weighted by Crippen LogP contribution is 2.28. The number of fused-ring (bicyclic) bond motifs is 1. The van der Waals surface area contributed by atoms with Gasteiger partial charge in [0.05, 0.1) is 12.6 Å². The van der Waals surface area contributed by atoms with Crippen LogP contribution in [0.2, 0.25) is 5.15 Å². The van der Waals surface area contributed by atoms with Gasteiger partial charge in [0.1, 0.15) is 16.7 Å². The highest BCUT2D eigenvalue weighted by Gasteiger charge is 2.08. The maximum absolute atomic E-state index is 6.26. The molecule has 0 saturated heterocycles. The molecule has 0 bridgehead atoms. The summed E-state index contributed by atoms with van der Waals surface area (Å²) in [5.41, 5.74) is 1.78. The van der Waals surface area contributed by atoms with Gasteiger partial charge in [-0.2, -0.15) is 0 Å². The first-order chi connectivity index (χ1) is 10.2. The van der Waals surface area contributed by atoms with E-state index in [1.165, 1.54) is 11.8 Å². The average molecular weight is 321 g/mol. The van der Waals surface area contributed by atoms with Crippen LogP contribution >= 0.6 is 23.4 Å². The van der Waals surface area contributed by atoms with E-state index in [1.54, 1.807) is 7.11 Å². The standard InChI is InChI=1S/C14H13ClN4OS/c1-8-16-14(19-18-8)21-7-10-5-9-3-4-11(20-2)6-12(9)17-13(10)15/h3-6H,7H2,1-2H3,(H,16,18,19). The second kappa shape index (κ2) is 5.91. The number of pyridine rings is 1. The average Bonchev–Trinajstić information content (AvgIpc) is 2.90. The van der Waals surface area contributed by atoms with Crippen LogP contribution in [0.3, 0.4) is 0 Å². The van der Waals surface area contributed by atoms with Gasteiger partial charge in [-0.15, -0.1) is 5.10 Å². The lowest BCUT2D eigenvalue weighted by molar-refractivity contribution is 0.415. The summed E-state index contributed by atoms with van der Waals surface area (Å²) in [5, 5.41) is 9.14. The van der Waals surface area contributed by atoms with Crippen molar-refractivity contribution in [3.05, 3.63) is 40.8 Å². The second-order valence-corrected chi connectivity index (χ2v) is 5.79. The third kappa shape index (κ3) is 3.11. The molecule has 0 amide bonds. The van der Waals surface area contributed by atoms with Crippen LogP contribution in [-0.4, -0.2) is 27.3 Å². The Morgan fingerprint density at radius 1 is 1.29 bits per heavy atom. The molecule has 3 aromatic rings. The molecule has 0 atom stereocenters. The van der Waals surface area contributed by atoms with Gasteiger partial charge in [0, 0.05) is 22.8 Å². The molecule has 3 rings (SSSR count). The molecule has 0 spiro atoms. The molecule has 2 heterocycles. The van der Waals surface area contributed by atoms with Crippen LogP contribution in [0.1, 0.15) is 11.4 Å². The topological polar surface area (TPSA) is 63.7 Å². The number of hydrogen-bond acceptors (Lipinski definition) is 5. The molecule has 0 saturated carbocycles. The minimum Gasteiger partial charge on any atom is -0.497 e. The summed E-state index contributed by atoms with van der Waals surface area (Å²) in [4.78, 5) is 8.68. The first-order valence-electron chi connectivity index (χ1n) is 6.30. The van der Waals surface area contributed by atoms with E-state index < -0.39 is 0 Å². The quantitative estimate of drug-likeness (QED) is 0.587. The number of H-pyrrole nitrogens is 1. The fourth-order valence-corrected chi connectivity index (χ4v) is 3.03. The molecule has 0 aliphatic carbocycles. The molecule has 0 aliphatic heterocycles. The first-order valence-corrected chi connectivity index (χ1v) is 7.67. The molecule has 1 N–H and O–H groups in total. The minimum atomic E-state index is 0.496. The number of ether oxygens (including phenoxy) is 1. The molecule has 2 aromatic heterocycles. The largest absolute Gasteiger partial charge is 0.497 e. The van der Waals surface area contributed by atoms with E-state index in [1.807, 2.05) is 31.2 Å². The Labute approximate surface area is 131 Å². The summed E-state index contributed by atoms with van der Waals surface area (Å²) in [6.07, 6.45) is 0. The molecule has 108 valence electrons. The Balaban J connectivity index is 1.86. The van der Waals surface area contributed by atoms with Gasteiger partial charge in [-0.3, -0.25) is 5.10 Å². The summed E-state index contributed by atoms with van der Waals surface area (Å²) in [7, 11) is 1.63. The molecule has 0 unspecified atom stereocenters. The van der Waals surface area contributed by atoms with Gasteiger partial charge in [-0.1, -0.05) is 23.4 Å². The first kappa shape index (κ1) is 14.2. The predicted octanol–water partition coefficient (Wildman–Crippen LogP) is 3.62. The third-order valence-electron chi connectivity index (χ3n) is 2.98. The van der Waals surface area contributed by atoms with Crippen molar-refractivity contribution in [2.75, 3.05) is 7.11 Å². The maximum atomic E-state index is 6.26. The van der Waals surface area contributed by atoms with Crippen molar-refractivity contribution in [1.82, 2.24) is 20.2 Å². The van der Waals surface area contributed by atoms with Gasteiger partial charge < -0.3 is 4.74 Å². The Bertz CT molecular complexity index is 790. The number of benzene rings is 1. The molecular formula is C14H13ClN4OS. The lowest BCUT2D eigenvalue weighted by atomic mass is 10.1. The van der Waals surface area contributed by atoms with Crippen LogP contribution in [0.15, 0.2) is 29.4 Å². The summed E-state index contributed by atoms with van der Waals surface area (Å²) in [6.45, 7) is 1.87. The number of aromatic nitrogens is 4. The number of rotatable bonds is 4. The molecular weight excluding hydrogens is 308 g/mol. The van der Waals surface area contributed by atoms with Gasteiger partial charge in [0.15, 0.2) is 0 Å². The Morgan fingerprint density at radius 2 is 2.14 bits per heavy atom. The predicted molar refractivity (Wildman–Crippen MR) is 84.0 cm³/mol. The Morgan fingerprint density at radius 3 is 2.86 bits per heavy atom. The highest BCUT2D eigenvalue weighted by molar-refractivity contribution is 7.98. The monoisotopic (exact) mass is 320 g/mol. The molecule has 0 aliphatic rings. The van der Waals surface area contributed by atoms with Crippen molar-refractivity contribution in [1.29, 1.82) is 0 Å². The number of aromatic amines is 1. The van der Waals surface area contributed by atoms with Crippen LogP contribution in [-0.2, 0) is 5.75 Å². The Hall–Kier alpha value is -1.79. The fourth-order valence-electron chi connectivity index (χ4n) is 1.92. The summed E-state index contributed by atoms with van der Waals surface area (Å²) in [5.74, 6) is 2.24. The number of nitrogens with one attached hydrogen (secondary N) is 1. The van der Waals surface area contributed by atoms with E-state index in [9.17, 15) is 0 Å². The van der Waals surface area contributed by atoms with Crippen molar-refractivity contribution in [2.24, 2.45) is 0 Å². The summed E-state index contributed by atoms with van der Waals surface area (Å²) in [6, 6.07) is 7.80. The van der Waals surface area contributed by atoms with Crippen LogP contribution in [0.25, 0.3) is 10.9 Å². The maximum Gasteiger partial charge on any atom is 0.208 e. The second-order valence-electron chi connectivity index (χ2n) is 4.49. The highest BCUT2D eigenvalue weighted by atomic mass is 35.5. The summed E-state index contributed by atoms with van der Waals surface area (Å²) >= 11 is 7.78. The summed E-state index contributed by atoms with van der Waals surface area (Å²) < 4.78 is 5.19. The van der Waals surface area contributed by atoms with E-state index in [2.05, 4.69) is 20.2 Å². The van der Waals surface area contributed by atoms with Crippen LogP contribution < -0.4 is 4.74 Å². The zero-order chi connectivity index (χ0) is 14.8. The van der Waals surface area contributed by atoms with E-state index in [0.29, 0.717) is 16.1 Å². The number of thioether (sulfide) groups is 1. The zero-order valence-corrected chi connectivity index (χ0v) is 13.1.